The van der Waals surface area contributed by atoms with Crippen LogP contribution in [0.15, 0.2) is 55.1 Å². The summed E-state index contributed by atoms with van der Waals surface area (Å²) in [7, 11) is 4.03. The third-order valence-electron chi connectivity index (χ3n) is 4.52. The first-order valence-electron chi connectivity index (χ1n) is 9.02. The number of nitrogens with one attached hydrogen (secondary N) is 1. The van der Waals surface area contributed by atoms with Gasteiger partial charge in [-0.2, -0.15) is 0 Å². The fourth-order valence-corrected chi connectivity index (χ4v) is 3.14. The molecule has 0 saturated carbocycles. The Morgan fingerprint density at radius 2 is 1.68 bits per heavy atom. The third kappa shape index (κ3) is 4.02. The highest BCUT2D eigenvalue weighted by Crippen LogP contribution is 2.24. The molecule has 6 heteroatoms. The summed E-state index contributed by atoms with van der Waals surface area (Å²) >= 11 is 0. The molecule has 0 aliphatic carbocycles. The average Bonchev–Trinajstić information content (AvgIpc) is 2.91. The first kappa shape index (κ1) is 19.5. The number of hydrogen-bond acceptors (Lipinski definition) is 4. The van der Waals surface area contributed by atoms with Crippen molar-refractivity contribution in [3.8, 4) is 0 Å². The molecule has 1 aliphatic heterocycles. The summed E-state index contributed by atoms with van der Waals surface area (Å²) in [6, 6.07) is 12.6. The van der Waals surface area contributed by atoms with E-state index in [1.165, 1.54) is 23.8 Å². The van der Waals surface area contributed by atoms with Crippen molar-refractivity contribution in [2.24, 2.45) is 0 Å². The highest BCUT2D eigenvalue weighted by atomic mass is 16.2. The first-order valence-corrected chi connectivity index (χ1v) is 9.02. The van der Waals surface area contributed by atoms with Crippen LogP contribution in [-0.4, -0.2) is 48.2 Å². The number of rotatable bonds is 7. The smallest absolute Gasteiger partial charge is 0.261 e. The van der Waals surface area contributed by atoms with Gasteiger partial charge in [-0.25, -0.2) is 0 Å². The van der Waals surface area contributed by atoms with E-state index >= 15 is 0 Å². The summed E-state index contributed by atoms with van der Waals surface area (Å²) in [6.45, 7) is 4.95. The Hall–Kier alpha value is -3.25. The number of fused-ring (bicyclic) bond motifs is 1. The Balaban J connectivity index is 1.67. The zero-order valence-corrected chi connectivity index (χ0v) is 16.1. The van der Waals surface area contributed by atoms with Crippen LogP contribution in [0, 0.1) is 0 Å². The number of carbonyl (C=O) groups is 3. The van der Waals surface area contributed by atoms with Gasteiger partial charge in [0.05, 0.1) is 11.1 Å². The molecule has 0 spiro atoms. The molecule has 28 heavy (non-hydrogen) atoms. The second-order valence-electron chi connectivity index (χ2n) is 7.01. The SMILES string of the molecule is C=CCN1C(=O)c2ccc(C(=O)NCc3ccc(CN(C)C)cc3)cc2C1=O. The van der Waals surface area contributed by atoms with Crippen molar-refractivity contribution < 1.29 is 14.4 Å². The Morgan fingerprint density at radius 1 is 1.04 bits per heavy atom. The number of nitrogens with zero attached hydrogens (tertiary/aromatic N) is 2. The lowest BCUT2D eigenvalue weighted by Gasteiger charge is -2.10. The highest BCUT2D eigenvalue weighted by molar-refractivity contribution is 6.22. The molecule has 0 fully saturated rings. The predicted molar refractivity (Wildman–Crippen MR) is 107 cm³/mol. The van der Waals surface area contributed by atoms with Crippen LogP contribution in [-0.2, 0) is 13.1 Å². The van der Waals surface area contributed by atoms with E-state index in [1.807, 2.05) is 38.4 Å². The van der Waals surface area contributed by atoms with Crippen LogP contribution in [0.25, 0.3) is 0 Å². The molecule has 0 aromatic heterocycles. The molecule has 0 saturated heterocycles. The minimum absolute atomic E-state index is 0.150. The van der Waals surface area contributed by atoms with Gasteiger partial charge in [0.15, 0.2) is 0 Å². The van der Waals surface area contributed by atoms with Gasteiger partial charge in [0.1, 0.15) is 0 Å². The molecule has 1 aliphatic rings. The fourth-order valence-electron chi connectivity index (χ4n) is 3.14. The normalized spacial score (nSPS) is 13.0. The van der Waals surface area contributed by atoms with Crippen LogP contribution < -0.4 is 5.32 Å². The lowest BCUT2D eigenvalue weighted by Crippen LogP contribution is -2.29. The maximum atomic E-state index is 12.5. The van der Waals surface area contributed by atoms with Crippen molar-refractivity contribution in [1.29, 1.82) is 0 Å². The van der Waals surface area contributed by atoms with Gasteiger partial charge in [-0.15, -0.1) is 6.58 Å². The highest BCUT2D eigenvalue weighted by Gasteiger charge is 2.35. The third-order valence-corrected chi connectivity index (χ3v) is 4.52. The summed E-state index contributed by atoms with van der Waals surface area (Å²) in [5.74, 6) is -1.04. The Morgan fingerprint density at radius 3 is 2.32 bits per heavy atom. The van der Waals surface area contributed by atoms with Gasteiger partial charge < -0.3 is 10.2 Å². The molecule has 2 aromatic rings. The predicted octanol–water partition coefficient (Wildman–Crippen LogP) is 2.46. The van der Waals surface area contributed by atoms with Crippen molar-refractivity contribution in [1.82, 2.24) is 15.1 Å². The Kier molecular flexibility index (Phi) is 5.70. The van der Waals surface area contributed by atoms with E-state index in [1.54, 1.807) is 6.07 Å². The Bertz CT molecular complexity index is 933. The summed E-state index contributed by atoms with van der Waals surface area (Å²) in [4.78, 5) is 40.3. The van der Waals surface area contributed by atoms with Crippen LogP contribution in [0.4, 0.5) is 0 Å². The molecular formula is C22H23N3O3. The molecule has 2 aromatic carbocycles. The van der Waals surface area contributed by atoms with E-state index in [2.05, 4.69) is 16.8 Å². The van der Waals surface area contributed by atoms with Crippen molar-refractivity contribution in [2.45, 2.75) is 13.1 Å². The van der Waals surface area contributed by atoms with E-state index in [0.717, 1.165) is 17.0 Å². The van der Waals surface area contributed by atoms with Crippen molar-refractivity contribution >= 4 is 17.7 Å². The number of hydrogen-bond donors (Lipinski definition) is 1. The minimum atomic E-state index is -0.397. The molecule has 1 heterocycles. The van der Waals surface area contributed by atoms with Crippen LogP contribution in [0.5, 0.6) is 0 Å². The minimum Gasteiger partial charge on any atom is -0.348 e. The van der Waals surface area contributed by atoms with Gasteiger partial charge in [-0.05, 0) is 43.4 Å². The van der Waals surface area contributed by atoms with Crippen LogP contribution in [0.3, 0.4) is 0 Å². The van der Waals surface area contributed by atoms with Crippen LogP contribution in [0.2, 0.25) is 0 Å². The van der Waals surface area contributed by atoms with E-state index in [4.69, 9.17) is 0 Å². The second-order valence-corrected chi connectivity index (χ2v) is 7.01. The molecule has 3 amide bonds. The maximum Gasteiger partial charge on any atom is 0.261 e. The van der Waals surface area contributed by atoms with Gasteiger partial charge in [0.2, 0.25) is 0 Å². The lowest BCUT2D eigenvalue weighted by molar-refractivity contribution is 0.0672. The zero-order valence-electron chi connectivity index (χ0n) is 16.1. The topological polar surface area (TPSA) is 69.7 Å². The number of imide groups is 1. The molecular weight excluding hydrogens is 354 g/mol. The van der Waals surface area contributed by atoms with Crippen molar-refractivity contribution in [3.05, 3.63) is 82.9 Å². The number of benzene rings is 2. The molecule has 6 nitrogen and oxygen atoms in total. The largest absolute Gasteiger partial charge is 0.348 e. The second kappa shape index (κ2) is 8.19. The van der Waals surface area contributed by atoms with Gasteiger partial charge in [0.25, 0.3) is 17.7 Å². The summed E-state index contributed by atoms with van der Waals surface area (Å²) in [6.07, 6.45) is 1.50. The van der Waals surface area contributed by atoms with Crippen molar-refractivity contribution in [2.75, 3.05) is 20.6 Å². The van der Waals surface area contributed by atoms with E-state index in [9.17, 15) is 14.4 Å². The van der Waals surface area contributed by atoms with Gasteiger partial charge in [-0.1, -0.05) is 30.3 Å². The number of amides is 3. The zero-order chi connectivity index (χ0) is 20.3. The van der Waals surface area contributed by atoms with Crippen LogP contribution in [0.1, 0.15) is 42.2 Å². The lowest BCUT2D eigenvalue weighted by atomic mass is 10.1. The standard InChI is InChI=1S/C22H23N3O3/c1-4-11-25-21(27)18-10-9-17(12-19(18)22(25)28)20(26)23-13-15-5-7-16(8-6-15)14-24(2)3/h4-10,12H,1,11,13-14H2,2-3H3,(H,23,26). The average molecular weight is 377 g/mol. The molecule has 0 unspecified atom stereocenters. The number of carbonyl (C=O) groups excluding carboxylic acids is 3. The van der Waals surface area contributed by atoms with Crippen molar-refractivity contribution in [3.63, 3.8) is 0 Å². The fraction of sp³-hybridized carbons (Fsp3) is 0.227. The van der Waals surface area contributed by atoms with Gasteiger partial charge in [-0.3, -0.25) is 19.3 Å². The van der Waals surface area contributed by atoms with Gasteiger partial charge in [0, 0.05) is 25.2 Å². The maximum absolute atomic E-state index is 12.5. The molecule has 1 N–H and O–H groups in total. The summed E-state index contributed by atoms with van der Waals surface area (Å²) < 4.78 is 0. The summed E-state index contributed by atoms with van der Waals surface area (Å²) in [5.41, 5.74) is 3.11. The van der Waals surface area contributed by atoms with Crippen LogP contribution >= 0.6 is 0 Å². The van der Waals surface area contributed by atoms with E-state index in [-0.39, 0.29) is 23.9 Å². The molecule has 0 atom stereocenters. The van der Waals surface area contributed by atoms with E-state index in [0.29, 0.717) is 17.7 Å². The van der Waals surface area contributed by atoms with Gasteiger partial charge >= 0.3 is 0 Å². The molecule has 0 radical (unpaired) electrons. The quantitative estimate of drug-likeness (QED) is 0.594. The first-order chi connectivity index (χ1) is 13.4. The molecule has 0 bridgehead atoms. The summed E-state index contributed by atoms with van der Waals surface area (Å²) in [5, 5.41) is 2.85. The Labute approximate surface area is 164 Å². The monoisotopic (exact) mass is 377 g/mol. The molecule has 3 rings (SSSR count). The van der Waals surface area contributed by atoms with E-state index < -0.39 is 5.91 Å². The molecule has 144 valence electrons.